The molecule has 0 heterocycles. The smallest absolute Gasteiger partial charge is 0.162 e. The van der Waals surface area contributed by atoms with Gasteiger partial charge in [-0.05, 0) is 35.9 Å². The number of aliphatic hydroxyl groups is 1. The maximum Gasteiger partial charge on any atom is 0.162 e. The molecule has 2 aromatic carbocycles. The number of rotatable bonds is 5. The molecule has 21 heavy (non-hydrogen) atoms. The molecule has 0 aromatic heterocycles. The topological polar surface area (TPSA) is 62.5 Å². The summed E-state index contributed by atoms with van der Waals surface area (Å²) in [6, 6.07) is 11.0. The van der Waals surface area contributed by atoms with Crippen molar-refractivity contribution < 1.29 is 19.0 Å². The van der Waals surface area contributed by atoms with Gasteiger partial charge in [0.2, 0.25) is 0 Å². The van der Waals surface area contributed by atoms with Crippen LogP contribution in [0.2, 0.25) is 0 Å². The van der Waals surface area contributed by atoms with Crippen molar-refractivity contribution in [1.29, 1.82) is 5.26 Å². The Balaban J connectivity index is 2.21. The van der Waals surface area contributed by atoms with Crippen molar-refractivity contribution in [3.8, 4) is 17.6 Å². The van der Waals surface area contributed by atoms with Crippen molar-refractivity contribution in [2.24, 2.45) is 0 Å². The van der Waals surface area contributed by atoms with Gasteiger partial charge in [-0.25, -0.2) is 4.39 Å². The molecule has 0 spiro atoms. The number of nitrogens with zero attached hydrogens (tertiary/aromatic N) is 1. The predicted molar refractivity (Wildman–Crippen MR) is 74.4 cm³/mol. The summed E-state index contributed by atoms with van der Waals surface area (Å²) >= 11 is 0. The minimum atomic E-state index is -0.439. The Morgan fingerprint density at radius 1 is 1.19 bits per heavy atom. The molecule has 0 bridgehead atoms. The van der Waals surface area contributed by atoms with Gasteiger partial charge in [-0.1, -0.05) is 6.07 Å². The molecule has 0 aliphatic rings. The van der Waals surface area contributed by atoms with Gasteiger partial charge in [-0.15, -0.1) is 0 Å². The number of halogens is 1. The Kier molecular flexibility index (Phi) is 4.75. The van der Waals surface area contributed by atoms with E-state index in [0.717, 1.165) is 0 Å². The second-order valence-electron chi connectivity index (χ2n) is 4.35. The molecule has 0 amide bonds. The van der Waals surface area contributed by atoms with E-state index in [1.165, 1.54) is 25.3 Å². The number of hydrogen-bond acceptors (Lipinski definition) is 4. The van der Waals surface area contributed by atoms with Gasteiger partial charge in [0, 0.05) is 5.56 Å². The molecule has 2 aromatic rings. The van der Waals surface area contributed by atoms with Gasteiger partial charge in [-0.3, -0.25) is 0 Å². The first-order valence-corrected chi connectivity index (χ1v) is 6.27. The van der Waals surface area contributed by atoms with Gasteiger partial charge in [0.1, 0.15) is 12.4 Å². The Labute approximate surface area is 122 Å². The summed E-state index contributed by atoms with van der Waals surface area (Å²) in [7, 11) is 1.50. The molecule has 0 saturated carbocycles. The summed E-state index contributed by atoms with van der Waals surface area (Å²) in [6.07, 6.45) is 0. The zero-order valence-corrected chi connectivity index (χ0v) is 11.5. The van der Waals surface area contributed by atoms with E-state index in [2.05, 4.69) is 0 Å². The largest absolute Gasteiger partial charge is 0.493 e. The van der Waals surface area contributed by atoms with Crippen LogP contribution in [0.4, 0.5) is 4.39 Å². The van der Waals surface area contributed by atoms with E-state index in [-0.39, 0.29) is 18.8 Å². The third-order valence-electron chi connectivity index (χ3n) is 2.97. The van der Waals surface area contributed by atoms with E-state index >= 15 is 0 Å². The average molecular weight is 287 g/mol. The number of methoxy groups -OCH3 is 1. The minimum Gasteiger partial charge on any atom is -0.493 e. The summed E-state index contributed by atoms with van der Waals surface area (Å²) in [5.74, 6) is 0.459. The van der Waals surface area contributed by atoms with Gasteiger partial charge in [-0.2, -0.15) is 5.26 Å². The van der Waals surface area contributed by atoms with Crippen LogP contribution >= 0.6 is 0 Å². The van der Waals surface area contributed by atoms with E-state index in [4.69, 9.17) is 19.8 Å². The molecule has 0 fully saturated rings. The van der Waals surface area contributed by atoms with Crippen LogP contribution in [0, 0.1) is 17.1 Å². The van der Waals surface area contributed by atoms with Crippen LogP contribution < -0.4 is 9.47 Å². The lowest BCUT2D eigenvalue weighted by atomic mass is 10.1. The van der Waals surface area contributed by atoms with Crippen molar-refractivity contribution in [1.82, 2.24) is 0 Å². The Bertz CT molecular complexity index is 680. The highest BCUT2D eigenvalue weighted by Gasteiger charge is 2.09. The van der Waals surface area contributed by atoms with Crippen LogP contribution in [0.5, 0.6) is 11.5 Å². The third-order valence-corrected chi connectivity index (χ3v) is 2.97. The molecule has 0 aliphatic carbocycles. The van der Waals surface area contributed by atoms with E-state index in [9.17, 15) is 4.39 Å². The summed E-state index contributed by atoms with van der Waals surface area (Å²) in [5, 5.41) is 18.0. The fraction of sp³-hybridized carbons (Fsp3) is 0.188. The van der Waals surface area contributed by atoms with Gasteiger partial charge < -0.3 is 14.6 Å². The van der Waals surface area contributed by atoms with Crippen LogP contribution in [-0.4, -0.2) is 12.2 Å². The average Bonchev–Trinajstić information content (AvgIpc) is 2.53. The first-order valence-electron chi connectivity index (χ1n) is 6.27. The molecule has 0 aliphatic heterocycles. The molecule has 2 rings (SSSR count). The molecule has 108 valence electrons. The van der Waals surface area contributed by atoms with Crippen LogP contribution in [0.15, 0.2) is 36.4 Å². The molecule has 0 saturated heterocycles. The Morgan fingerprint density at radius 2 is 2.00 bits per heavy atom. The molecule has 1 N–H and O–H groups in total. The Hall–Kier alpha value is -2.58. The molecule has 0 unspecified atom stereocenters. The Morgan fingerprint density at radius 3 is 2.67 bits per heavy atom. The highest BCUT2D eigenvalue weighted by molar-refractivity contribution is 5.43. The zero-order valence-electron chi connectivity index (χ0n) is 11.5. The molecule has 4 nitrogen and oxygen atoms in total. The zero-order chi connectivity index (χ0) is 15.2. The number of ether oxygens (including phenoxy) is 2. The standard InChI is InChI=1S/C16H14FNO3/c1-20-15-5-3-12(9-19)7-16(15)21-10-13-6-11(8-18)2-4-14(13)17/h2-7,19H,9-10H2,1H3. The lowest BCUT2D eigenvalue weighted by Crippen LogP contribution is -2.01. The third kappa shape index (κ3) is 3.50. The SMILES string of the molecule is COc1ccc(CO)cc1OCc1cc(C#N)ccc1F. The highest BCUT2D eigenvalue weighted by atomic mass is 19.1. The summed E-state index contributed by atoms with van der Waals surface area (Å²) < 4.78 is 24.4. The van der Waals surface area contributed by atoms with E-state index in [0.29, 0.717) is 22.6 Å². The second kappa shape index (κ2) is 6.73. The number of nitriles is 1. The van der Waals surface area contributed by atoms with Gasteiger partial charge in [0.25, 0.3) is 0 Å². The van der Waals surface area contributed by atoms with Crippen LogP contribution in [0.1, 0.15) is 16.7 Å². The minimum absolute atomic E-state index is 0.0351. The maximum atomic E-state index is 13.7. The van der Waals surface area contributed by atoms with Crippen molar-refractivity contribution in [3.05, 3.63) is 58.9 Å². The van der Waals surface area contributed by atoms with Gasteiger partial charge >= 0.3 is 0 Å². The number of hydrogen-bond donors (Lipinski definition) is 1. The van der Waals surface area contributed by atoms with Crippen molar-refractivity contribution in [3.63, 3.8) is 0 Å². The summed E-state index contributed by atoms with van der Waals surface area (Å²) in [4.78, 5) is 0. The fourth-order valence-electron chi connectivity index (χ4n) is 1.84. The normalized spacial score (nSPS) is 10.0. The first kappa shape index (κ1) is 14.8. The maximum absolute atomic E-state index is 13.7. The van der Waals surface area contributed by atoms with E-state index < -0.39 is 5.82 Å². The number of aliphatic hydroxyl groups excluding tert-OH is 1. The lowest BCUT2D eigenvalue weighted by Gasteiger charge is -2.12. The quantitative estimate of drug-likeness (QED) is 0.918. The van der Waals surface area contributed by atoms with Crippen LogP contribution in [0.25, 0.3) is 0 Å². The van der Waals surface area contributed by atoms with Gasteiger partial charge in [0.05, 0.1) is 25.3 Å². The highest BCUT2D eigenvalue weighted by Crippen LogP contribution is 2.29. The molecule has 0 radical (unpaired) electrons. The molecular formula is C16H14FNO3. The van der Waals surface area contributed by atoms with Crippen molar-refractivity contribution in [2.75, 3.05) is 7.11 Å². The van der Waals surface area contributed by atoms with Crippen molar-refractivity contribution >= 4 is 0 Å². The van der Waals surface area contributed by atoms with Crippen LogP contribution in [0.3, 0.4) is 0 Å². The fourth-order valence-corrected chi connectivity index (χ4v) is 1.84. The number of benzene rings is 2. The van der Waals surface area contributed by atoms with Crippen LogP contribution in [-0.2, 0) is 13.2 Å². The van der Waals surface area contributed by atoms with Gasteiger partial charge in [0.15, 0.2) is 11.5 Å². The monoisotopic (exact) mass is 287 g/mol. The predicted octanol–water partition coefficient (Wildman–Crippen LogP) is 2.78. The molecule has 5 heteroatoms. The van der Waals surface area contributed by atoms with Crippen molar-refractivity contribution in [2.45, 2.75) is 13.2 Å². The first-order chi connectivity index (χ1) is 10.2. The van der Waals surface area contributed by atoms with E-state index in [1.54, 1.807) is 18.2 Å². The second-order valence-corrected chi connectivity index (χ2v) is 4.35. The molecule has 0 atom stereocenters. The summed E-state index contributed by atoms with van der Waals surface area (Å²) in [5.41, 5.74) is 1.31. The molecular weight excluding hydrogens is 273 g/mol. The summed E-state index contributed by atoms with van der Waals surface area (Å²) in [6.45, 7) is -0.161. The lowest BCUT2D eigenvalue weighted by molar-refractivity contribution is 0.269. The van der Waals surface area contributed by atoms with E-state index in [1.807, 2.05) is 6.07 Å².